The Morgan fingerprint density at radius 1 is 1.48 bits per heavy atom. The molecule has 0 heterocycles. The summed E-state index contributed by atoms with van der Waals surface area (Å²) < 4.78 is 40.6. The van der Waals surface area contributed by atoms with E-state index in [4.69, 9.17) is 0 Å². The van der Waals surface area contributed by atoms with Crippen LogP contribution in [0.5, 0.6) is 5.75 Å². The van der Waals surface area contributed by atoms with Crippen LogP contribution in [0, 0.1) is 10.1 Å². The van der Waals surface area contributed by atoms with Crippen LogP contribution in [0.3, 0.4) is 0 Å². The second-order valence-electron chi connectivity index (χ2n) is 3.89. The van der Waals surface area contributed by atoms with Gasteiger partial charge in [-0.05, 0) is 13.0 Å². The highest BCUT2D eigenvalue weighted by Gasteiger charge is 2.33. The van der Waals surface area contributed by atoms with Gasteiger partial charge in [0.15, 0.2) is 5.75 Å². The van der Waals surface area contributed by atoms with Crippen molar-refractivity contribution in [2.75, 3.05) is 11.4 Å². The number of anilines is 1. The van der Waals surface area contributed by atoms with Crippen LogP contribution in [-0.4, -0.2) is 30.0 Å². The summed E-state index contributed by atoms with van der Waals surface area (Å²) in [6.45, 7) is 0.641. The molecule has 10 heteroatoms. The quantitative estimate of drug-likeness (QED) is 0.456. The number of Topliss-reactive ketones (excluding diaryl/α,β-unsaturated/α-hetero) is 1. The van der Waals surface area contributed by atoms with Crippen LogP contribution in [0.15, 0.2) is 18.2 Å². The number of nitro benzene ring substituents is 1. The monoisotopic (exact) mass is 306 g/mol. The summed E-state index contributed by atoms with van der Waals surface area (Å²) in [5.74, 6) is -1.43. The summed E-state index contributed by atoms with van der Waals surface area (Å²) in [4.78, 5) is 32.2. The number of hydrogen-bond donors (Lipinski definition) is 0. The molecular weight excluding hydrogens is 297 g/mol. The Morgan fingerprint density at radius 3 is 2.52 bits per heavy atom. The number of amides is 1. The highest BCUT2D eigenvalue weighted by molar-refractivity contribution is 5.90. The number of non-ortho nitro benzene ring substituents is 1. The van der Waals surface area contributed by atoms with Gasteiger partial charge in [-0.2, -0.15) is 0 Å². The first-order chi connectivity index (χ1) is 9.64. The number of rotatable bonds is 6. The molecule has 1 aromatic carbocycles. The van der Waals surface area contributed by atoms with Crippen LogP contribution in [0.1, 0.15) is 6.92 Å². The first-order valence-electron chi connectivity index (χ1n) is 5.39. The van der Waals surface area contributed by atoms with Crippen molar-refractivity contribution in [3.63, 3.8) is 0 Å². The van der Waals surface area contributed by atoms with Crippen molar-refractivity contribution in [2.24, 2.45) is 0 Å². The first-order valence-corrected chi connectivity index (χ1v) is 5.39. The number of ketones is 1. The summed E-state index contributed by atoms with van der Waals surface area (Å²) in [6.07, 6.45) is -4.97. The first kappa shape index (κ1) is 16.4. The molecule has 0 fully saturated rings. The van der Waals surface area contributed by atoms with E-state index in [1.807, 2.05) is 0 Å². The van der Waals surface area contributed by atoms with Gasteiger partial charge in [-0.1, -0.05) is 0 Å². The number of carbonyl (C=O) groups is 2. The Morgan fingerprint density at radius 2 is 2.10 bits per heavy atom. The van der Waals surface area contributed by atoms with Gasteiger partial charge in [0.1, 0.15) is 5.78 Å². The fourth-order valence-corrected chi connectivity index (χ4v) is 1.48. The molecule has 0 saturated heterocycles. The fraction of sp³-hybridized carbons (Fsp3) is 0.273. The van der Waals surface area contributed by atoms with Gasteiger partial charge in [0.05, 0.1) is 23.2 Å². The molecule has 0 aliphatic heterocycles. The third kappa shape index (κ3) is 4.75. The number of nitro groups is 1. The number of halogens is 3. The normalized spacial score (nSPS) is 10.9. The Balaban J connectivity index is 3.31. The van der Waals surface area contributed by atoms with Crippen LogP contribution in [0.2, 0.25) is 0 Å². The molecule has 114 valence electrons. The largest absolute Gasteiger partial charge is 0.573 e. The molecule has 7 nitrogen and oxygen atoms in total. The molecule has 1 rings (SSSR count). The number of benzene rings is 1. The Hall–Kier alpha value is -2.65. The topological polar surface area (TPSA) is 89.8 Å². The molecule has 0 aromatic heterocycles. The van der Waals surface area contributed by atoms with Gasteiger partial charge in [0.25, 0.3) is 5.69 Å². The molecule has 0 unspecified atom stereocenters. The molecule has 0 N–H and O–H groups in total. The van der Waals surface area contributed by atoms with Crippen molar-refractivity contribution >= 4 is 23.6 Å². The van der Waals surface area contributed by atoms with Crippen molar-refractivity contribution in [3.8, 4) is 5.75 Å². The lowest BCUT2D eigenvalue weighted by Gasteiger charge is -2.20. The van der Waals surface area contributed by atoms with E-state index in [-0.39, 0.29) is 6.41 Å². The lowest BCUT2D eigenvalue weighted by atomic mass is 10.2. The predicted octanol–water partition coefficient (Wildman–Crippen LogP) is 2.05. The van der Waals surface area contributed by atoms with E-state index < -0.39 is 40.7 Å². The molecule has 1 amide bonds. The lowest BCUT2D eigenvalue weighted by molar-refractivity contribution is -0.385. The maximum Gasteiger partial charge on any atom is 0.573 e. The van der Waals surface area contributed by atoms with E-state index in [1.165, 1.54) is 0 Å². The average molecular weight is 306 g/mol. The molecule has 0 bridgehead atoms. The lowest BCUT2D eigenvalue weighted by Crippen LogP contribution is -2.28. The Kier molecular flexibility index (Phi) is 4.84. The van der Waals surface area contributed by atoms with Gasteiger partial charge >= 0.3 is 6.36 Å². The van der Waals surface area contributed by atoms with Crippen LogP contribution >= 0.6 is 0 Å². The van der Waals surface area contributed by atoms with E-state index in [0.717, 1.165) is 19.1 Å². The third-order valence-corrected chi connectivity index (χ3v) is 2.21. The van der Waals surface area contributed by atoms with Crippen molar-refractivity contribution < 1.29 is 32.4 Å². The Bertz CT molecular complexity index is 573. The van der Waals surface area contributed by atoms with Crippen LogP contribution in [-0.2, 0) is 9.59 Å². The number of ether oxygens (including phenoxy) is 1. The maximum absolute atomic E-state index is 12.3. The summed E-state index contributed by atoms with van der Waals surface area (Å²) in [6, 6.07) is 2.32. The number of carbonyl (C=O) groups excluding carboxylic acids is 2. The molecule has 0 atom stereocenters. The van der Waals surface area contributed by atoms with Gasteiger partial charge in [-0.3, -0.25) is 19.7 Å². The van der Waals surface area contributed by atoms with E-state index in [1.54, 1.807) is 0 Å². The zero-order chi connectivity index (χ0) is 16.2. The standard InChI is InChI=1S/C11H9F3N2O5/c1-7(18)5-15(6-17)9-3-2-8(16(19)20)4-10(9)21-11(12,13)14/h2-4,6H,5H2,1H3. The smallest absolute Gasteiger partial charge is 0.403 e. The van der Waals surface area contributed by atoms with E-state index in [9.17, 15) is 32.9 Å². The van der Waals surface area contributed by atoms with Gasteiger partial charge < -0.3 is 9.64 Å². The SMILES string of the molecule is CC(=O)CN(C=O)c1ccc([N+](=O)[O-])cc1OC(F)(F)F. The number of hydrogen-bond acceptors (Lipinski definition) is 5. The van der Waals surface area contributed by atoms with Crippen molar-refractivity contribution in [1.29, 1.82) is 0 Å². The van der Waals surface area contributed by atoms with Crippen LogP contribution in [0.4, 0.5) is 24.5 Å². The highest BCUT2D eigenvalue weighted by Crippen LogP contribution is 2.35. The summed E-state index contributed by atoms with van der Waals surface area (Å²) in [5.41, 5.74) is -1.05. The number of nitrogens with zero attached hydrogens (tertiary/aromatic N) is 2. The second-order valence-corrected chi connectivity index (χ2v) is 3.89. The van der Waals surface area contributed by atoms with Gasteiger partial charge in [-0.25, -0.2) is 0 Å². The highest BCUT2D eigenvalue weighted by atomic mass is 19.4. The van der Waals surface area contributed by atoms with Gasteiger partial charge in [0.2, 0.25) is 6.41 Å². The Labute approximate surface area is 116 Å². The molecule has 21 heavy (non-hydrogen) atoms. The van der Waals surface area contributed by atoms with Crippen molar-refractivity contribution in [1.82, 2.24) is 0 Å². The van der Waals surface area contributed by atoms with E-state index in [2.05, 4.69) is 4.74 Å². The minimum Gasteiger partial charge on any atom is -0.403 e. The van der Waals surface area contributed by atoms with Crippen LogP contribution in [0.25, 0.3) is 0 Å². The second kappa shape index (κ2) is 6.20. The zero-order valence-corrected chi connectivity index (χ0v) is 10.6. The summed E-state index contributed by atoms with van der Waals surface area (Å²) >= 11 is 0. The molecular formula is C11H9F3N2O5. The van der Waals surface area contributed by atoms with Crippen LogP contribution < -0.4 is 9.64 Å². The third-order valence-electron chi connectivity index (χ3n) is 2.21. The molecule has 1 aromatic rings. The van der Waals surface area contributed by atoms with E-state index >= 15 is 0 Å². The predicted molar refractivity (Wildman–Crippen MR) is 63.9 cm³/mol. The fourth-order valence-electron chi connectivity index (χ4n) is 1.48. The molecule has 0 aliphatic carbocycles. The molecule has 0 radical (unpaired) electrons. The summed E-state index contributed by atoms with van der Waals surface area (Å²) in [7, 11) is 0. The summed E-state index contributed by atoms with van der Waals surface area (Å²) in [5, 5.41) is 10.6. The maximum atomic E-state index is 12.3. The minimum atomic E-state index is -5.10. The molecule has 0 spiro atoms. The zero-order valence-electron chi connectivity index (χ0n) is 10.6. The van der Waals surface area contributed by atoms with Gasteiger partial charge in [0, 0.05) is 6.07 Å². The molecule has 0 aliphatic rings. The average Bonchev–Trinajstić information content (AvgIpc) is 2.33. The van der Waals surface area contributed by atoms with Gasteiger partial charge in [-0.15, -0.1) is 13.2 Å². The minimum absolute atomic E-state index is 0.131. The van der Waals surface area contributed by atoms with E-state index in [0.29, 0.717) is 11.0 Å². The number of alkyl halides is 3. The van der Waals surface area contributed by atoms with Crippen molar-refractivity contribution in [3.05, 3.63) is 28.3 Å². The van der Waals surface area contributed by atoms with Crippen molar-refractivity contribution in [2.45, 2.75) is 13.3 Å². The molecule has 0 saturated carbocycles.